The molecule has 2 aliphatic carbocycles. The van der Waals surface area contributed by atoms with Crippen LogP contribution in [0.25, 0.3) is 0 Å². The Labute approximate surface area is 73.2 Å². The summed E-state index contributed by atoms with van der Waals surface area (Å²) >= 11 is 0. The van der Waals surface area contributed by atoms with Crippen molar-refractivity contribution in [2.75, 3.05) is 0 Å². The van der Waals surface area contributed by atoms with Gasteiger partial charge in [-0.1, -0.05) is 18.2 Å². The molecule has 0 aromatic heterocycles. The van der Waals surface area contributed by atoms with Gasteiger partial charge in [0.1, 0.15) is 0 Å². The third-order valence-corrected chi connectivity index (χ3v) is 2.91. The molecule has 2 bridgehead atoms. The molecule has 3 atom stereocenters. The van der Waals surface area contributed by atoms with Gasteiger partial charge in [-0.25, -0.2) is 0 Å². The number of hydrogen-bond donors (Lipinski definition) is 0. The van der Waals surface area contributed by atoms with Gasteiger partial charge in [0.25, 0.3) is 0 Å². The van der Waals surface area contributed by atoms with Gasteiger partial charge in [0.05, 0.1) is 0 Å². The van der Waals surface area contributed by atoms with Crippen LogP contribution in [0.3, 0.4) is 0 Å². The van der Waals surface area contributed by atoms with Crippen LogP contribution in [0.4, 0.5) is 0 Å². The van der Waals surface area contributed by atoms with Gasteiger partial charge < -0.3 is 0 Å². The van der Waals surface area contributed by atoms with Gasteiger partial charge in [-0.05, 0) is 43.6 Å². The Hall–Kier alpha value is -0.850. The molecular weight excluding hydrogens is 148 g/mol. The van der Waals surface area contributed by atoms with Crippen molar-refractivity contribution in [3.63, 3.8) is 0 Å². The number of carbonyl (C=O) groups excluding carboxylic acids is 1. The Kier molecular flexibility index (Phi) is 1.87. The summed E-state index contributed by atoms with van der Waals surface area (Å²) in [4.78, 5) is 10.7. The molecule has 0 saturated heterocycles. The van der Waals surface area contributed by atoms with Gasteiger partial charge in [-0.2, -0.15) is 0 Å². The molecule has 1 heteroatoms. The fourth-order valence-electron chi connectivity index (χ4n) is 2.30. The second kappa shape index (κ2) is 2.89. The molecule has 0 aromatic rings. The lowest BCUT2D eigenvalue weighted by Crippen LogP contribution is -2.03. The summed E-state index contributed by atoms with van der Waals surface area (Å²) in [5.74, 6) is 2.34. The number of ketones is 1. The lowest BCUT2D eigenvalue weighted by Gasteiger charge is -2.12. The highest BCUT2D eigenvalue weighted by molar-refractivity contribution is 5.87. The molecule has 0 heterocycles. The van der Waals surface area contributed by atoms with Crippen LogP contribution < -0.4 is 0 Å². The first-order valence-electron chi connectivity index (χ1n) is 4.63. The summed E-state index contributed by atoms with van der Waals surface area (Å²) in [5.41, 5.74) is 0. The first-order chi connectivity index (χ1) is 5.75. The fraction of sp³-hybridized carbons (Fsp3) is 0.545. The number of allylic oxidation sites excluding steroid dienone is 4. The highest BCUT2D eigenvalue weighted by Crippen LogP contribution is 2.43. The van der Waals surface area contributed by atoms with Crippen LogP contribution in [-0.4, -0.2) is 5.78 Å². The van der Waals surface area contributed by atoms with Crippen LogP contribution in [-0.2, 0) is 4.79 Å². The molecule has 2 aliphatic rings. The van der Waals surface area contributed by atoms with Gasteiger partial charge >= 0.3 is 0 Å². The fourth-order valence-corrected chi connectivity index (χ4v) is 2.30. The molecule has 2 rings (SSSR count). The van der Waals surface area contributed by atoms with Crippen molar-refractivity contribution in [1.29, 1.82) is 0 Å². The van der Waals surface area contributed by atoms with Crippen molar-refractivity contribution in [3.05, 3.63) is 24.3 Å². The molecule has 12 heavy (non-hydrogen) atoms. The standard InChI is InChI=1S/C11H14O/c1-8(12)2-4-10-6-9-3-5-11(10)7-9/h2-5,9-11H,6-7H2,1H3/t9-,10+,11-/m0/s1. The number of hydrogen-bond acceptors (Lipinski definition) is 1. The predicted octanol–water partition coefficient (Wildman–Crippen LogP) is 2.34. The van der Waals surface area contributed by atoms with Crippen molar-refractivity contribution in [2.24, 2.45) is 17.8 Å². The summed E-state index contributed by atoms with van der Waals surface area (Å²) in [6, 6.07) is 0. The van der Waals surface area contributed by atoms with E-state index in [4.69, 9.17) is 0 Å². The number of carbonyl (C=O) groups is 1. The summed E-state index contributed by atoms with van der Waals surface area (Å²) in [6.45, 7) is 1.61. The number of rotatable bonds is 2. The molecule has 64 valence electrons. The third-order valence-electron chi connectivity index (χ3n) is 2.91. The van der Waals surface area contributed by atoms with Gasteiger partial charge in [0.2, 0.25) is 0 Å². The van der Waals surface area contributed by atoms with E-state index < -0.39 is 0 Å². The average molecular weight is 162 g/mol. The van der Waals surface area contributed by atoms with E-state index >= 15 is 0 Å². The monoisotopic (exact) mass is 162 g/mol. The Morgan fingerprint density at radius 3 is 2.75 bits per heavy atom. The van der Waals surface area contributed by atoms with Crippen LogP contribution in [0.15, 0.2) is 24.3 Å². The van der Waals surface area contributed by atoms with Crippen molar-refractivity contribution in [2.45, 2.75) is 19.8 Å². The van der Waals surface area contributed by atoms with Crippen LogP contribution in [0.1, 0.15) is 19.8 Å². The molecule has 0 unspecified atom stereocenters. The Morgan fingerprint density at radius 1 is 1.42 bits per heavy atom. The van der Waals surface area contributed by atoms with Crippen molar-refractivity contribution in [1.82, 2.24) is 0 Å². The molecule has 0 radical (unpaired) electrons. The molecule has 1 saturated carbocycles. The number of fused-ring (bicyclic) bond motifs is 2. The molecule has 1 fully saturated rings. The van der Waals surface area contributed by atoms with E-state index in [0.29, 0.717) is 5.92 Å². The third kappa shape index (κ3) is 1.36. The van der Waals surface area contributed by atoms with Crippen LogP contribution in [0.5, 0.6) is 0 Å². The summed E-state index contributed by atoms with van der Waals surface area (Å²) in [5, 5.41) is 0. The Balaban J connectivity index is 1.99. The zero-order chi connectivity index (χ0) is 8.55. The predicted molar refractivity (Wildman–Crippen MR) is 48.7 cm³/mol. The lowest BCUT2D eigenvalue weighted by molar-refractivity contribution is -0.112. The average Bonchev–Trinajstić information content (AvgIpc) is 2.60. The zero-order valence-electron chi connectivity index (χ0n) is 7.36. The molecule has 0 aliphatic heterocycles. The van der Waals surface area contributed by atoms with E-state index in [-0.39, 0.29) is 5.78 Å². The van der Waals surface area contributed by atoms with Gasteiger partial charge in [0.15, 0.2) is 5.78 Å². The maximum absolute atomic E-state index is 10.7. The maximum atomic E-state index is 10.7. The Morgan fingerprint density at radius 2 is 2.25 bits per heavy atom. The van der Waals surface area contributed by atoms with E-state index in [1.54, 1.807) is 13.0 Å². The van der Waals surface area contributed by atoms with E-state index in [2.05, 4.69) is 18.2 Å². The quantitative estimate of drug-likeness (QED) is 0.450. The van der Waals surface area contributed by atoms with Crippen molar-refractivity contribution in [3.8, 4) is 0 Å². The normalized spacial score (nSPS) is 38.2. The topological polar surface area (TPSA) is 17.1 Å². The van der Waals surface area contributed by atoms with E-state index in [1.165, 1.54) is 12.8 Å². The first-order valence-corrected chi connectivity index (χ1v) is 4.63. The highest BCUT2D eigenvalue weighted by Gasteiger charge is 2.33. The van der Waals surface area contributed by atoms with Crippen molar-refractivity contribution < 1.29 is 4.79 Å². The van der Waals surface area contributed by atoms with Crippen LogP contribution in [0, 0.1) is 17.8 Å². The van der Waals surface area contributed by atoms with E-state index in [1.807, 2.05) is 0 Å². The second-order valence-corrected chi connectivity index (χ2v) is 3.91. The minimum absolute atomic E-state index is 0.168. The lowest BCUT2D eigenvalue weighted by atomic mass is 9.93. The summed E-state index contributed by atoms with van der Waals surface area (Å²) in [6.07, 6.45) is 11.0. The molecule has 0 amide bonds. The van der Waals surface area contributed by atoms with Gasteiger partial charge in [-0.15, -0.1) is 0 Å². The SMILES string of the molecule is CC(=O)C=C[C@@H]1C[C@@H]2C=C[C@H]1C2. The molecule has 0 N–H and O–H groups in total. The summed E-state index contributed by atoms with van der Waals surface area (Å²) in [7, 11) is 0. The largest absolute Gasteiger partial charge is 0.295 e. The van der Waals surface area contributed by atoms with E-state index in [0.717, 1.165) is 11.8 Å². The molecule has 0 spiro atoms. The maximum Gasteiger partial charge on any atom is 0.152 e. The minimum Gasteiger partial charge on any atom is -0.295 e. The Bertz CT molecular complexity index is 250. The van der Waals surface area contributed by atoms with Crippen LogP contribution >= 0.6 is 0 Å². The zero-order valence-corrected chi connectivity index (χ0v) is 7.36. The smallest absolute Gasteiger partial charge is 0.152 e. The molecule has 1 nitrogen and oxygen atoms in total. The highest BCUT2D eigenvalue weighted by atomic mass is 16.1. The minimum atomic E-state index is 0.168. The molecule has 0 aromatic carbocycles. The van der Waals surface area contributed by atoms with Crippen LogP contribution in [0.2, 0.25) is 0 Å². The second-order valence-electron chi connectivity index (χ2n) is 3.91. The van der Waals surface area contributed by atoms with E-state index in [9.17, 15) is 4.79 Å². The van der Waals surface area contributed by atoms with Gasteiger partial charge in [0, 0.05) is 0 Å². The van der Waals surface area contributed by atoms with Crippen molar-refractivity contribution >= 4 is 5.78 Å². The first kappa shape index (κ1) is 7.78. The van der Waals surface area contributed by atoms with Gasteiger partial charge in [-0.3, -0.25) is 4.79 Å². The summed E-state index contributed by atoms with van der Waals surface area (Å²) < 4.78 is 0. The molecular formula is C11H14O.